The van der Waals surface area contributed by atoms with Crippen molar-refractivity contribution in [2.24, 2.45) is 23.7 Å². The van der Waals surface area contributed by atoms with Gasteiger partial charge < -0.3 is 9.80 Å². The lowest BCUT2D eigenvalue weighted by molar-refractivity contribution is -0.146. The molecule has 0 aromatic carbocycles. The molecular weight excluding hydrogens is 408 g/mol. The van der Waals surface area contributed by atoms with Gasteiger partial charge in [-0.25, -0.2) is 0 Å². The van der Waals surface area contributed by atoms with Gasteiger partial charge in [-0.2, -0.15) is 0 Å². The van der Waals surface area contributed by atoms with E-state index in [4.69, 9.17) is 0 Å². The van der Waals surface area contributed by atoms with Crippen molar-refractivity contribution < 1.29 is 9.59 Å². The van der Waals surface area contributed by atoms with Crippen LogP contribution in [0.3, 0.4) is 0 Å². The van der Waals surface area contributed by atoms with Gasteiger partial charge in [0.2, 0.25) is 11.8 Å². The van der Waals surface area contributed by atoms with Gasteiger partial charge in [-0.05, 0) is 96.8 Å². The van der Waals surface area contributed by atoms with Crippen LogP contribution in [0, 0.1) is 23.7 Å². The summed E-state index contributed by atoms with van der Waals surface area (Å²) in [6.45, 7) is 12.3. The molecule has 188 valence electrons. The van der Waals surface area contributed by atoms with Gasteiger partial charge in [0, 0.05) is 36.5 Å². The third-order valence-electron chi connectivity index (χ3n) is 9.64. The zero-order valence-corrected chi connectivity index (χ0v) is 22.2. The van der Waals surface area contributed by atoms with E-state index in [1.807, 2.05) is 0 Å². The van der Waals surface area contributed by atoms with Crippen molar-refractivity contribution in [3.63, 3.8) is 0 Å². The lowest BCUT2D eigenvalue weighted by Gasteiger charge is -2.49. The summed E-state index contributed by atoms with van der Waals surface area (Å²) in [4.78, 5) is 30.5. The summed E-state index contributed by atoms with van der Waals surface area (Å²) in [5, 5.41) is 0. The van der Waals surface area contributed by atoms with Crippen LogP contribution < -0.4 is 0 Å². The van der Waals surface area contributed by atoms with Crippen LogP contribution in [-0.2, 0) is 9.59 Å². The van der Waals surface area contributed by atoms with Crippen molar-refractivity contribution in [1.82, 2.24) is 9.80 Å². The Kier molecular flexibility index (Phi) is 7.51. The minimum absolute atomic E-state index is 0.0440. The normalized spacial score (nSPS) is 34.8. The maximum Gasteiger partial charge on any atom is 0.223 e. The Bertz CT molecular complexity index is 709. The highest BCUT2D eigenvalue weighted by molar-refractivity contribution is 5.78. The zero-order valence-electron chi connectivity index (χ0n) is 22.2. The number of nitrogens with zero attached hydrogens (tertiary/aromatic N) is 2. The summed E-state index contributed by atoms with van der Waals surface area (Å²) in [5.41, 5.74) is -0.126. The first-order valence-corrected chi connectivity index (χ1v) is 14.2. The van der Waals surface area contributed by atoms with E-state index in [9.17, 15) is 9.59 Å². The Morgan fingerprint density at radius 2 is 1.39 bits per heavy atom. The second-order valence-corrected chi connectivity index (χ2v) is 13.6. The predicted molar refractivity (Wildman–Crippen MR) is 135 cm³/mol. The SMILES string of the molecule is CC(C)(C)N1C(=O)CCC2CCC(CC(C)(C)N3CC4CCCCC4CC3=O)CCCCC21. The maximum atomic E-state index is 13.2. The lowest BCUT2D eigenvalue weighted by atomic mass is 9.73. The first-order valence-electron chi connectivity index (χ1n) is 14.2. The van der Waals surface area contributed by atoms with Crippen LogP contribution in [-0.4, -0.2) is 45.3 Å². The van der Waals surface area contributed by atoms with E-state index in [-0.39, 0.29) is 11.1 Å². The van der Waals surface area contributed by atoms with Crippen LogP contribution in [0.5, 0.6) is 0 Å². The number of carbonyl (C=O) groups excluding carboxylic acids is 2. The van der Waals surface area contributed by atoms with Gasteiger partial charge in [-0.15, -0.1) is 0 Å². The average molecular weight is 459 g/mol. The number of hydrogen-bond donors (Lipinski definition) is 0. The Morgan fingerprint density at radius 1 is 0.727 bits per heavy atom. The summed E-state index contributed by atoms with van der Waals surface area (Å²) in [6.07, 6.45) is 16.4. The highest BCUT2D eigenvalue weighted by Crippen LogP contribution is 2.43. The Balaban J connectivity index is 1.41. The molecule has 2 heterocycles. The van der Waals surface area contributed by atoms with Crippen LogP contribution in [0.2, 0.25) is 0 Å². The number of hydrogen-bond acceptors (Lipinski definition) is 2. The van der Waals surface area contributed by atoms with E-state index in [0.29, 0.717) is 35.6 Å². The van der Waals surface area contributed by atoms with Crippen LogP contribution >= 0.6 is 0 Å². The first kappa shape index (κ1) is 25.0. The topological polar surface area (TPSA) is 40.6 Å². The molecule has 4 rings (SSSR count). The molecule has 2 amide bonds. The molecule has 0 radical (unpaired) electrons. The average Bonchev–Trinajstić information content (AvgIpc) is 2.82. The second kappa shape index (κ2) is 9.90. The molecule has 5 atom stereocenters. The number of rotatable bonds is 3. The van der Waals surface area contributed by atoms with Crippen LogP contribution in [0.25, 0.3) is 0 Å². The van der Waals surface area contributed by atoms with E-state index in [1.54, 1.807) is 0 Å². The summed E-state index contributed by atoms with van der Waals surface area (Å²) < 4.78 is 0. The Morgan fingerprint density at radius 3 is 2.12 bits per heavy atom. The Labute approximate surface area is 203 Å². The summed E-state index contributed by atoms with van der Waals surface area (Å²) >= 11 is 0. The fourth-order valence-corrected chi connectivity index (χ4v) is 8.04. The standard InChI is InChI=1S/C29H50N2O2/c1-28(2,3)31-25-13-9-6-10-21(14-15-22(25)16-17-26(31)32)19-29(4,5)30-20-24-12-8-7-11-23(24)18-27(30)33/h21-25H,6-20H2,1-5H3. The van der Waals surface area contributed by atoms with Gasteiger partial charge in [-0.3, -0.25) is 9.59 Å². The van der Waals surface area contributed by atoms with Gasteiger partial charge in [0.15, 0.2) is 0 Å². The minimum atomic E-state index is -0.0819. The van der Waals surface area contributed by atoms with Gasteiger partial charge in [0.1, 0.15) is 0 Å². The first-order chi connectivity index (χ1) is 15.6. The monoisotopic (exact) mass is 458 g/mol. The molecular formula is C29H50N2O2. The number of piperidine rings is 2. The second-order valence-electron chi connectivity index (χ2n) is 13.6. The highest BCUT2D eigenvalue weighted by atomic mass is 16.2. The van der Waals surface area contributed by atoms with E-state index in [0.717, 1.165) is 44.6 Å². The fraction of sp³-hybridized carbons (Fsp3) is 0.931. The van der Waals surface area contributed by atoms with Gasteiger partial charge in [-0.1, -0.05) is 38.5 Å². The molecule has 2 aliphatic heterocycles. The zero-order chi connectivity index (χ0) is 23.8. The Hall–Kier alpha value is -1.06. The molecule has 0 aromatic heterocycles. The molecule has 4 nitrogen and oxygen atoms in total. The number of carbonyl (C=O) groups is 2. The van der Waals surface area contributed by atoms with Crippen molar-refractivity contribution in [2.75, 3.05) is 6.54 Å². The molecule has 4 fully saturated rings. The van der Waals surface area contributed by atoms with E-state index in [2.05, 4.69) is 44.4 Å². The van der Waals surface area contributed by atoms with E-state index >= 15 is 0 Å². The molecule has 5 unspecified atom stereocenters. The molecule has 0 aromatic rings. The quantitative estimate of drug-likeness (QED) is 0.480. The highest BCUT2D eigenvalue weighted by Gasteiger charge is 2.43. The van der Waals surface area contributed by atoms with Gasteiger partial charge >= 0.3 is 0 Å². The van der Waals surface area contributed by atoms with Crippen LogP contribution in [0.4, 0.5) is 0 Å². The molecule has 4 heteroatoms. The van der Waals surface area contributed by atoms with Crippen molar-refractivity contribution >= 4 is 11.8 Å². The summed E-state index contributed by atoms with van der Waals surface area (Å²) in [5.74, 6) is 3.50. The van der Waals surface area contributed by atoms with Gasteiger partial charge in [0.05, 0.1) is 0 Å². The fourth-order valence-electron chi connectivity index (χ4n) is 8.04. The third kappa shape index (κ3) is 5.61. The smallest absolute Gasteiger partial charge is 0.223 e. The van der Waals surface area contributed by atoms with Crippen molar-refractivity contribution in [2.45, 2.75) is 142 Å². The third-order valence-corrected chi connectivity index (χ3v) is 9.64. The number of fused-ring (bicyclic) bond motifs is 2. The maximum absolute atomic E-state index is 13.2. The molecule has 4 aliphatic rings. The molecule has 2 saturated heterocycles. The van der Waals surface area contributed by atoms with E-state index < -0.39 is 0 Å². The molecule has 0 spiro atoms. The van der Waals surface area contributed by atoms with Gasteiger partial charge in [0.25, 0.3) is 0 Å². The largest absolute Gasteiger partial charge is 0.337 e. The van der Waals surface area contributed by atoms with Crippen molar-refractivity contribution in [3.05, 3.63) is 0 Å². The van der Waals surface area contributed by atoms with Crippen LogP contribution in [0.15, 0.2) is 0 Å². The van der Waals surface area contributed by atoms with Crippen molar-refractivity contribution in [1.29, 1.82) is 0 Å². The molecule has 33 heavy (non-hydrogen) atoms. The molecule has 2 saturated carbocycles. The van der Waals surface area contributed by atoms with Crippen molar-refractivity contribution in [3.8, 4) is 0 Å². The van der Waals surface area contributed by atoms with E-state index in [1.165, 1.54) is 57.8 Å². The summed E-state index contributed by atoms with van der Waals surface area (Å²) in [7, 11) is 0. The summed E-state index contributed by atoms with van der Waals surface area (Å²) in [6, 6.07) is 0.421. The minimum Gasteiger partial charge on any atom is -0.337 e. The molecule has 0 bridgehead atoms. The molecule has 0 N–H and O–H groups in total. The molecule has 2 aliphatic carbocycles. The lowest BCUT2D eigenvalue weighted by Crippen LogP contribution is -2.57. The predicted octanol–water partition coefficient (Wildman–Crippen LogP) is 6.57. The number of amides is 2. The van der Waals surface area contributed by atoms with Crippen LogP contribution in [0.1, 0.15) is 125 Å². The number of likely N-dealkylation sites (tertiary alicyclic amines) is 2.